The van der Waals surface area contributed by atoms with Crippen molar-refractivity contribution in [3.63, 3.8) is 0 Å². The zero-order valence-electron chi connectivity index (χ0n) is 12.3. The fraction of sp³-hybridized carbons (Fsp3) is 0.267. The highest BCUT2D eigenvalue weighted by Gasteiger charge is 2.14. The van der Waals surface area contributed by atoms with E-state index in [1.807, 2.05) is 30.5 Å². The van der Waals surface area contributed by atoms with Crippen LogP contribution in [0.4, 0.5) is 0 Å². The molecule has 0 aromatic carbocycles. The van der Waals surface area contributed by atoms with Gasteiger partial charge < -0.3 is 5.32 Å². The molecule has 0 radical (unpaired) electrons. The first-order valence-corrected chi connectivity index (χ1v) is 8.49. The largest absolute Gasteiger partial charge is 0.352 e. The summed E-state index contributed by atoms with van der Waals surface area (Å²) in [4.78, 5) is 25.4. The summed E-state index contributed by atoms with van der Waals surface area (Å²) in [5.41, 5.74) is -0.190. The molecule has 0 spiro atoms. The van der Waals surface area contributed by atoms with Gasteiger partial charge in [0.25, 0.3) is 11.5 Å². The number of carbonyl (C=O) groups excluding carboxylic acids is 1. The molecule has 0 aliphatic heterocycles. The average molecular weight is 333 g/mol. The molecule has 0 bridgehead atoms. The van der Waals surface area contributed by atoms with Crippen molar-refractivity contribution in [1.29, 1.82) is 5.26 Å². The van der Waals surface area contributed by atoms with Gasteiger partial charge in [-0.25, -0.2) is 0 Å². The molecule has 0 aliphatic carbocycles. The summed E-state index contributed by atoms with van der Waals surface area (Å²) in [6.07, 6.45) is 1.79. The predicted molar refractivity (Wildman–Crippen MR) is 89.1 cm³/mol. The molecule has 0 saturated carbocycles. The molecular formula is C15H15N3O2S2. The topological polar surface area (TPSA) is 74.9 Å². The van der Waals surface area contributed by atoms with Crippen molar-refractivity contribution < 1.29 is 4.79 Å². The lowest BCUT2D eigenvalue weighted by atomic mass is 10.3. The van der Waals surface area contributed by atoms with Gasteiger partial charge in [0.1, 0.15) is 10.7 Å². The summed E-state index contributed by atoms with van der Waals surface area (Å²) < 4.78 is 2.40. The first-order chi connectivity index (χ1) is 10.6. The SMILES string of the molecule is CCNC(=O)C(C#N)=c1sc(=Cc2cccs2)c(=O)n1CC. The third-order valence-electron chi connectivity index (χ3n) is 2.93. The van der Waals surface area contributed by atoms with Crippen molar-refractivity contribution in [3.05, 3.63) is 41.9 Å². The normalized spacial score (nSPS) is 12.9. The lowest BCUT2D eigenvalue weighted by molar-refractivity contribution is -0.115. The Hall–Kier alpha value is -2.17. The van der Waals surface area contributed by atoms with Gasteiger partial charge in [0.2, 0.25) is 0 Å². The molecule has 1 amide bonds. The van der Waals surface area contributed by atoms with Crippen LogP contribution < -0.4 is 20.1 Å². The molecule has 7 heteroatoms. The van der Waals surface area contributed by atoms with E-state index in [0.717, 1.165) is 4.88 Å². The second kappa shape index (κ2) is 7.20. The highest BCUT2D eigenvalue weighted by molar-refractivity contribution is 7.11. The van der Waals surface area contributed by atoms with E-state index in [9.17, 15) is 14.9 Å². The average Bonchev–Trinajstić information content (AvgIpc) is 3.10. The molecule has 2 rings (SSSR count). The van der Waals surface area contributed by atoms with Crippen molar-refractivity contribution in [1.82, 2.24) is 9.88 Å². The second-order valence-corrected chi connectivity index (χ2v) is 6.34. The quantitative estimate of drug-likeness (QED) is 0.892. The Labute approximate surface area is 135 Å². The van der Waals surface area contributed by atoms with E-state index in [-0.39, 0.29) is 11.1 Å². The highest BCUT2D eigenvalue weighted by Crippen LogP contribution is 2.08. The number of thiazole rings is 1. The van der Waals surface area contributed by atoms with Gasteiger partial charge in [-0.1, -0.05) is 6.07 Å². The molecule has 2 heterocycles. The number of nitriles is 1. The fourth-order valence-electron chi connectivity index (χ4n) is 1.94. The Kier molecular flexibility index (Phi) is 5.31. The van der Waals surface area contributed by atoms with E-state index < -0.39 is 5.91 Å². The van der Waals surface area contributed by atoms with Gasteiger partial charge in [-0.3, -0.25) is 14.2 Å². The molecule has 1 N–H and O–H groups in total. The number of aromatic nitrogens is 1. The maximum absolute atomic E-state index is 12.4. The Balaban J connectivity index is 2.76. The minimum absolute atomic E-state index is 0.0170. The van der Waals surface area contributed by atoms with Gasteiger partial charge in [-0.2, -0.15) is 5.26 Å². The van der Waals surface area contributed by atoms with Crippen LogP contribution in [0.1, 0.15) is 18.7 Å². The molecule has 0 aliphatic rings. The van der Waals surface area contributed by atoms with E-state index in [0.29, 0.717) is 22.3 Å². The molecule has 22 heavy (non-hydrogen) atoms. The second-order valence-electron chi connectivity index (χ2n) is 4.33. The smallest absolute Gasteiger partial charge is 0.269 e. The molecule has 0 atom stereocenters. The number of amides is 1. The fourth-order valence-corrected chi connectivity index (χ4v) is 3.83. The maximum Gasteiger partial charge on any atom is 0.269 e. The lowest BCUT2D eigenvalue weighted by Gasteiger charge is -2.00. The van der Waals surface area contributed by atoms with Gasteiger partial charge in [0.05, 0.1) is 4.53 Å². The molecular weight excluding hydrogens is 318 g/mol. The van der Waals surface area contributed by atoms with E-state index in [1.54, 1.807) is 13.0 Å². The van der Waals surface area contributed by atoms with Crippen molar-refractivity contribution >= 4 is 40.2 Å². The van der Waals surface area contributed by atoms with Crippen LogP contribution in [0, 0.1) is 11.3 Å². The molecule has 0 unspecified atom stereocenters. The number of hydrogen-bond acceptors (Lipinski definition) is 5. The van der Waals surface area contributed by atoms with Crippen LogP contribution in [0.3, 0.4) is 0 Å². The molecule has 0 fully saturated rings. The van der Waals surface area contributed by atoms with Crippen LogP contribution in [-0.2, 0) is 11.3 Å². The van der Waals surface area contributed by atoms with E-state index >= 15 is 0 Å². The van der Waals surface area contributed by atoms with Gasteiger partial charge in [0.15, 0.2) is 5.57 Å². The Morgan fingerprint density at radius 3 is 2.82 bits per heavy atom. The molecule has 2 aromatic heterocycles. The summed E-state index contributed by atoms with van der Waals surface area (Å²) >= 11 is 2.71. The Bertz CT molecular complexity index is 883. The minimum Gasteiger partial charge on any atom is -0.352 e. The summed E-state index contributed by atoms with van der Waals surface area (Å²) in [5.74, 6) is -0.448. The zero-order chi connectivity index (χ0) is 16.1. The highest BCUT2D eigenvalue weighted by atomic mass is 32.1. The number of carbonyl (C=O) groups is 1. The van der Waals surface area contributed by atoms with E-state index in [2.05, 4.69) is 5.32 Å². The van der Waals surface area contributed by atoms with Gasteiger partial charge in [-0.15, -0.1) is 22.7 Å². The van der Waals surface area contributed by atoms with Crippen LogP contribution in [0.2, 0.25) is 0 Å². The van der Waals surface area contributed by atoms with Crippen LogP contribution in [0.25, 0.3) is 11.6 Å². The first-order valence-electron chi connectivity index (χ1n) is 6.79. The van der Waals surface area contributed by atoms with Crippen molar-refractivity contribution in [2.45, 2.75) is 20.4 Å². The van der Waals surface area contributed by atoms with Gasteiger partial charge in [0, 0.05) is 18.0 Å². The minimum atomic E-state index is -0.448. The third-order valence-corrected chi connectivity index (χ3v) is 4.88. The summed E-state index contributed by atoms with van der Waals surface area (Å²) in [7, 11) is 0. The summed E-state index contributed by atoms with van der Waals surface area (Å²) in [5, 5.41) is 13.8. The van der Waals surface area contributed by atoms with Gasteiger partial charge >= 0.3 is 0 Å². The summed E-state index contributed by atoms with van der Waals surface area (Å²) in [6, 6.07) is 5.74. The van der Waals surface area contributed by atoms with E-state index in [4.69, 9.17) is 0 Å². The standard InChI is InChI=1S/C15H15N3O2S2/c1-3-17-13(19)11(9-16)15-18(4-2)14(20)12(22-15)8-10-6-5-7-21-10/h5-8H,3-4H2,1-2H3,(H,17,19). The number of hydrogen-bond donors (Lipinski definition) is 1. The summed E-state index contributed by atoms with van der Waals surface area (Å²) in [6.45, 7) is 4.44. The van der Waals surface area contributed by atoms with Crippen molar-refractivity contribution in [2.75, 3.05) is 6.54 Å². The van der Waals surface area contributed by atoms with Crippen molar-refractivity contribution in [3.8, 4) is 6.07 Å². The monoisotopic (exact) mass is 333 g/mol. The molecule has 2 aromatic rings. The molecule has 5 nitrogen and oxygen atoms in total. The first kappa shape index (κ1) is 16.2. The number of nitrogens with one attached hydrogen (secondary N) is 1. The van der Waals surface area contributed by atoms with Crippen LogP contribution in [0.5, 0.6) is 0 Å². The predicted octanol–water partition coefficient (Wildman–Crippen LogP) is 0.630. The maximum atomic E-state index is 12.4. The Morgan fingerprint density at radius 2 is 2.27 bits per heavy atom. The molecule has 114 valence electrons. The van der Waals surface area contributed by atoms with Crippen LogP contribution >= 0.6 is 22.7 Å². The third kappa shape index (κ3) is 3.18. The molecule has 0 saturated heterocycles. The lowest BCUT2D eigenvalue weighted by Crippen LogP contribution is -2.34. The van der Waals surface area contributed by atoms with Crippen LogP contribution in [0.15, 0.2) is 22.3 Å². The number of thiophene rings is 1. The van der Waals surface area contributed by atoms with Crippen molar-refractivity contribution in [2.24, 2.45) is 0 Å². The van der Waals surface area contributed by atoms with Crippen LogP contribution in [-0.4, -0.2) is 17.0 Å². The Morgan fingerprint density at radius 1 is 1.50 bits per heavy atom. The number of nitrogens with zero attached hydrogens (tertiary/aromatic N) is 2. The van der Waals surface area contributed by atoms with Gasteiger partial charge in [-0.05, 0) is 31.4 Å². The zero-order valence-corrected chi connectivity index (χ0v) is 13.9. The van der Waals surface area contributed by atoms with E-state index in [1.165, 1.54) is 27.2 Å². The number of rotatable bonds is 4.